The first kappa shape index (κ1) is 7.32. The molecule has 1 aromatic carbocycles. The van der Waals surface area contributed by atoms with Crippen molar-refractivity contribution in [1.82, 2.24) is 9.97 Å². The van der Waals surface area contributed by atoms with E-state index in [1.165, 1.54) is 6.33 Å². The Labute approximate surface area is 70.7 Å². The molecule has 0 unspecified atom stereocenters. The SMILES string of the molecule is O=Pc1ccc2ncncc2c1. The van der Waals surface area contributed by atoms with Gasteiger partial charge in [0.2, 0.25) is 0 Å². The molecule has 58 valence electrons. The van der Waals surface area contributed by atoms with Crippen molar-refractivity contribution in [1.29, 1.82) is 0 Å². The fourth-order valence-electron chi connectivity index (χ4n) is 1.03. The van der Waals surface area contributed by atoms with Crippen molar-refractivity contribution in [2.75, 3.05) is 0 Å². The molecule has 1 aromatic heterocycles. The quantitative estimate of drug-likeness (QED) is 0.619. The fraction of sp³-hybridized carbons (Fsp3) is 0. The second-order valence-corrected chi connectivity index (χ2v) is 3.06. The van der Waals surface area contributed by atoms with Crippen LogP contribution in [-0.2, 0) is 4.57 Å². The minimum absolute atomic E-state index is 0.0329. The number of nitrogens with zero attached hydrogens (tertiary/aromatic N) is 2. The van der Waals surface area contributed by atoms with Crippen molar-refractivity contribution in [3.63, 3.8) is 0 Å². The van der Waals surface area contributed by atoms with E-state index in [4.69, 9.17) is 0 Å². The molecular formula is C8H5N2OP. The Hall–Kier alpha value is -1.34. The lowest BCUT2D eigenvalue weighted by Crippen LogP contribution is -1.91. The van der Waals surface area contributed by atoms with E-state index < -0.39 is 0 Å². The van der Waals surface area contributed by atoms with Gasteiger partial charge in [0.15, 0.2) is 8.46 Å². The van der Waals surface area contributed by atoms with Gasteiger partial charge < -0.3 is 0 Å². The molecule has 0 aliphatic heterocycles. The van der Waals surface area contributed by atoms with Crippen LogP contribution in [0.3, 0.4) is 0 Å². The number of fused-ring (bicyclic) bond motifs is 1. The predicted octanol–water partition coefficient (Wildman–Crippen LogP) is 1.55. The lowest BCUT2D eigenvalue weighted by atomic mass is 10.2. The van der Waals surface area contributed by atoms with Crippen LogP contribution in [0.15, 0.2) is 30.7 Å². The Kier molecular flexibility index (Phi) is 1.80. The average molecular weight is 176 g/mol. The summed E-state index contributed by atoms with van der Waals surface area (Å²) in [6.45, 7) is 0. The molecule has 0 fully saturated rings. The predicted molar refractivity (Wildman–Crippen MR) is 46.8 cm³/mol. The van der Waals surface area contributed by atoms with Gasteiger partial charge in [-0.25, -0.2) is 9.97 Å². The van der Waals surface area contributed by atoms with Crippen LogP contribution < -0.4 is 5.30 Å². The van der Waals surface area contributed by atoms with Crippen LogP contribution in [0.25, 0.3) is 10.9 Å². The van der Waals surface area contributed by atoms with Gasteiger partial charge in [-0.2, -0.15) is 0 Å². The second-order valence-electron chi connectivity index (χ2n) is 2.36. The van der Waals surface area contributed by atoms with E-state index in [-0.39, 0.29) is 8.46 Å². The summed E-state index contributed by atoms with van der Waals surface area (Å²) in [6, 6.07) is 5.42. The minimum atomic E-state index is 0.0329. The van der Waals surface area contributed by atoms with Crippen LogP contribution in [0.2, 0.25) is 0 Å². The van der Waals surface area contributed by atoms with Gasteiger partial charge in [0.25, 0.3) is 0 Å². The summed E-state index contributed by atoms with van der Waals surface area (Å²) in [5.41, 5.74) is 0.873. The van der Waals surface area contributed by atoms with Gasteiger partial charge >= 0.3 is 0 Å². The van der Waals surface area contributed by atoms with Gasteiger partial charge in [-0.1, -0.05) is 0 Å². The number of rotatable bonds is 1. The molecule has 3 nitrogen and oxygen atoms in total. The highest BCUT2D eigenvalue weighted by atomic mass is 31.1. The summed E-state index contributed by atoms with van der Waals surface area (Å²) in [5.74, 6) is 0. The van der Waals surface area contributed by atoms with Crippen molar-refractivity contribution in [2.24, 2.45) is 0 Å². The number of aromatic nitrogens is 2. The number of hydrogen-bond acceptors (Lipinski definition) is 3. The molecule has 0 atom stereocenters. The third-order valence-corrected chi connectivity index (χ3v) is 2.08. The van der Waals surface area contributed by atoms with E-state index >= 15 is 0 Å². The van der Waals surface area contributed by atoms with Gasteiger partial charge in [-0.3, -0.25) is 4.57 Å². The van der Waals surface area contributed by atoms with Crippen molar-refractivity contribution in [3.8, 4) is 0 Å². The van der Waals surface area contributed by atoms with Crippen LogP contribution in [0.1, 0.15) is 0 Å². The Balaban J connectivity index is 2.75. The third kappa shape index (κ3) is 1.19. The van der Waals surface area contributed by atoms with E-state index in [0.29, 0.717) is 0 Å². The number of hydrogen-bond donors (Lipinski definition) is 0. The maximum atomic E-state index is 10.5. The molecule has 0 spiro atoms. The lowest BCUT2D eigenvalue weighted by Gasteiger charge is -1.94. The summed E-state index contributed by atoms with van der Waals surface area (Å²) in [7, 11) is 0.0329. The monoisotopic (exact) mass is 176 g/mol. The van der Waals surface area contributed by atoms with E-state index in [1.807, 2.05) is 12.1 Å². The molecule has 0 amide bonds. The average Bonchev–Trinajstić information content (AvgIpc) is 2.17. The van der Waals surface area contributed by atoms with Gasteiger partial charge in [-0.15, -0.1) is 0 Å². The second kappa shape index (κ2) is 2.95. The molecule has 2 aromatic rings. The van der Waals surface area contributed by atoms with Crippen LogP contribution in [-0.4, -0.2) is 9.97 Å². The van der Waals surface area contributed by atoms with E-state index in [0.717, 1.165) is 16.2 Å². The molecule has 12 heavy (non-hydrogen) atoms. The maximum Gasteiger partial charge on any atom is 0.192 e. The summed E-state index contributed by atoms with van der Waals surface area (Å²) in [5, 5.41) is 1.66. The van der Waals surface area contributed by atoms with Crippen molar-refractivity contribution in [3.05, 3.63) is 30.7 Å². The molecule has 0 aliphatic rings. The highest BCUT2D eigenvalue weighted by Gasteiger charge is 1.95. The van der Waals surface area contributed by atoms with Gasteiger partial charge in [0.05, 0.1) is 5.52 Å². The fourth-order valence-corrected chi connectivity index (χ4v) is 1.36. The standard InChI is InChI=1S/C8H5N2OP/c11-12-7-1-2-8-6(3-7)4-9-5-10-8/h1-5H. The summed E-state index contributed by atoms with van der Waals surface area (Å²) in [6.07, 6.45) is 3.20. The normalized spacial score (nSPS) is 10.7. The van der Waals surface area contributed by atoms with Crippen LogP contribution in [0, 0.1) is 0 Å². The molecule has 0 saturated heterocycles. The van der Waals surface area contributed by atoms with Crippen molar-refractivity contribution < 1.29 is 4.57 Å². The molecule has 4 heteroatoms. The Morgan fingerprint density at radius 2 is 2.25 bits per heavy atom. The first-order valence-electron chi connectivity index (χ1n) is 3.43. The van der Waals surface area contributed by atoms with Crippen LogP contribution in [0.4, 0.5) is 0 Å². The van der Waals surface area contributed by atoms with E-state index in [9.17, 15) is 4.57 Å². The number of benzene rings is 1. The maximum absolute atomic E-state index is 10.5. The summed E-state index contributed by atoms with van der Waals surface area (Å²) in [4.78, 5) is 7.91. The highest BCUT2D eigenvalue weighted by molar-refractivity contribution is 7.34. The molecule has 0 saturated carbocycles. The summed E-state index contributed by atoms with van der Waals surface area (Å²) < 4.78 is 10.5. The Morgan fingerprint density at radius 3 is 3.08 bits per heavy atom. The molecule has 0 radical (unpaired) electrons. The Bertz CT molecular complexity index is 430. The first-order valence-corrected chi connectivity index (χ1v) is 4.24. The smallest absolute Gasteiger partial charge is 0.192 e. The van der Waals surface area contributed by atoms with Gasteiger partial charge in [0.1, 0.15) is 6.33 Å². The highest BCUT2D eigenvalue weighted by Crippen LogP contribution is 2.08. The van der Waals surface area contributed by atoms with Gasteiger partial charge in [0, 0.05) is 16.9 Å². The lowest BCUT2D eigenvalue weighted by molar-refractivity contribution is 0.603. The zero-order valence-corrected chi connectivity index (χ0v) is 7.03. The van der Waals surface area contributed by atoms with E-state index in [1.54, 1.807) is 12.3 Å². The summed E-state index contributed by atoms with van der Waals surface area (Å²) >= 11 is 0. The molecule has 2 rings (SSSR count). The first-order chi connectivity index (χ1) is 5.90. The van der Waals surface area contributed by atoms with Gasteiger partial charge in [-0.05, 0) is 18.2 Å². The van der Waals surface area contributed by atoms with Crippen LogP contribution >= 0.6 is 8.46 Å². The molecular weight excluding hydrogens is 171 g/mol. The zero-order valence-electron chi connectivity index (χ0n) is 6.14. The topological polar surface area (TPSA) is 42.9 Å². The molecule has 0 aliphatic carbocycles. The van der Waals surface area contributed by atoms with Crippen LogP contribution in [0.5, 0.6) is 0 Å². The minimum Gasteiger partial charge on any atom is -0.269 e. The van der Waals surface area contributed by atoms with Crippen molar-refractivity contribution >= 4 is 24.7 Å². The van der Waals surface area contributed by atoms with E-state index in [2.05, 4.69) is 9.97 Å². The Morgan fingerprint density at radius 1 is 1.33 bits per heavy atom. The largest absolute Gasteiger partial charge is 0.269 e. The molecule has 0 bridgehead atoms. The van der Waals surface area contributed by atoms with Crippen molar-refractivity contribution in [2.45, 2.75) is 0 Å². The third-order valence-electron chi connectivity index (χ3n) is 1.59. The molecule has 1 heterocycles. The zero-order chi connectivity index (χ0) is 8.39. The molecule has 0 N–H and O–H groups in total.